The largest absolute Gasteiger partial charge is 0.480 e. The number of carboxylic acids is 1. The quantitative estimate of drug-likeness (QED) is 0.204. The third-order valence-electron chi connectivity index (χ3n) is 5.21. The number of esters is 1. The molecule has 188 valence electrons. The highest BCUT2D eigenvalue weighted by Gasteiger charge is 2.25. The molecule has 0 bridgehead atoms. The van der Waals surface area contributed by atoms with Crippen molar-refractivity contribution in [2.75, 3.05) is 6.54 Å². The number of rotatable bonds is 11. The number of hydrogen-bond donors (Lipinski definition) is 3. The number of nitrogens with one attached hydrogen (secondary N) is 2. The van der Waals surface area contributed by atoms with Crippen LogP contribution in [0.1, 0.15) is 30.1 Å². The van der Waals surface area contributed by atoms with E-state index in [1.165, 1.54) is 31.2 Å². The van der Waals surface area contributed by atoms with Crippen LogP contribution in [0.5, 0.6) is 5.75 Å². The van der Waals surface area contributed by atoms with Crippen LogP contribution in [-0.4, -0.2) is 44.0 Å². The van der Waals surface area contributed by atoms with Gasteiger partial charge in [-0.2, -0.15) is 4.72 Å². The van der Waals surface area contributed by atoms with Crippen LogP contribution >= 0.6 is 0 Å². The number of aliphatic carboxylic acids is 1. The van der Waals surface area contributed by atoms with Crippen LogP contribution in [0.15, 0.2) is 83.8 Å². The molecule has 0 aliphatic rings. The molecule has 0 unspecified atom stereocenters. The van der Waals surface area contributed by atoms with E-state index >= 15 is 0 Å². The highest BCUT2D eigenvalue weighted by atomic mass is 32.2. The van der Waals surface area contributed by atoms with Crippen molar-refractivity contribution in [1.82, 2.24) is 10.0 Å². The Morgan fingerprint density at radius 2 is 1.50 bits per heavy atom. The summed E-state index contributed by atoms with van der Waals surface area (Å²) >= 11 is 0. The first kappa shape index (κ1) is 26.6. The second-order valence-corrected chi connectivity index (χ2v) is 9.60. The Balaban J connectivity index is 1.57. The number of hydrogen-bond acceptors (Lipinski definition) is 6. The molecular weight excluding hydrogens is 484 g/mol. The third kappa shape index (κ3) is 7.24. The van der Waals surface area contributed by atoms with Gasteiger partial charge >= 0.3 is 11.9 Å². The van der Waals surface area contributed by atoms with Crippen molar-refractivity contribution >= 4 is 27.9 Å². The molecule has 0 fully saturated rings. The fourth-order valence-electron chi connectivity index (χ4n) is 3.45. The molecule has 0 aromatic heterocycles. The zero-order valence-corrected chi connectivity index (χ0v) is 20.3. The molecule has 3 rings (SSSR count). The number of carboxylic acid groups (broad SMARTS) is 1. The Labute approximate surface area is 209 Å². The van der Waals surface area contributed by atoms with Crippen LogP contribution in [0.2, 0.25) is 0 Å². The summed E-state index contributed by atoms with van der Waals surface area (Å²) in [6, 6.07) is 20.4. The highest BCUT2D eigenvalue weighted by molar-refractivity contribution is 7.89. The molecule has 0 saturated carbocycles. The summed E-state index contributed by atoms with van der Waals surface area (Å²) in [6.45, 7) is 1.31. The molecule has 3 aromatic carbocycles. The maximum Gasteiger partial charge on any atom is 0.321 e. The summed E-state index contributed by atoms with van der Waals surface area (Å²) in [5.74, 6) is -2.29. The van der Waals surface area contributed by atoms with E-state index in [0.29, 0.717) is 0 Å². The summed E-state index contributed by atoms with van der Waals surface area (Å²) in [7, 11) is -4.08. The lowest BCUT2D eigenvalue weighted by atomic mass is 10.1. The van der Waals surface area contributed by atoms with Gasteiger partial charge in [0.2, 0.25) is 10.0 Å². The van der Waals surface area contributed by atoms with Gasteiger partial charge in [-0.15, -0.1) is 0 Å². The lowest BCUT2D eigenvalue weighted by molar-refractivity contribution is -0.139. The lowest BCUT2D eigenvalue weighted by Crippen LogP contribution is -2.41. The van der Waals surface area contributed by atoms with Gasteiger partial charge in [0, 0.05) is 13.5 Å². The van der Waals surface area contributed by atoms with Crippen molar-refractivity contribution in [3.05, 3.63) is 84.4 Å². The van der Waals surface area contributed by atoms with Gasteiger partial charge in [0.15, 0.2) is 0 Å². The average molecular weight is 511 g/mol. The second-order valence-electron chi connectivity index (χ2n) is 7.89. The molecule has 36 heavy (non-hydrogen) atoms. The minimum atomic E-state index is -4.08. The fraction of sp³-hybridized carbons (Fsp3) is 0.192. The van der Waals surface area contributed by atoms with E-state index in [9.17, 15) is 27.9 Å². The Kier molecular flexibility index (Phi) is 8.93. The molecule has 9 nitrogen and oxygen atoms in total. The van der Waals surface area contributed by atoms with Gasteiger partial charge in [0.25, 0.3) is 5.91 Å². The monoisotopic (exact) mass is 510 g/mol. The van der Waals surface area contributed by atoms with Crippen LogP contribution in [-0.2, 0) is 19.6 Å². The summed E-state index contributed by atoms with van der Waals surface area (Å²) in [5.41, 5.74) is 1.91. The Bertz CT molecular complexity index is 1320. The molecule has 10 heteroatoms. The predicted molar refractivity (Wildman–Crippen MR) is 133 cm³/mol. The van der Waals surface area contributed by atoms with Gasteiger partial charge in [-0.05, 0) is 48.2 Å². The number of ether oxygens (including phenoxy) is 1. The van der Waals surface area contributed by atoms with Gasteiger partial charge < -0.3 is 15.2 Å². The topological polar surface area (TPSA) is 139 Å². The maximum absolute atomic E-state index is 12.8. The summed E-state index contributed by atoms with van der Waals surface area (Å²) in [6.07, 6.45) is 0.135. The zero-order chi connectivity index (χ0) is 26.1. The Morgan fingerprint density at radius 3 is 2.14 bits per heavy atom. The van der Waals surface area contributed by atoms with E-state index in [2.05, 4.69) is 10.0 Å². The summed E-state index contributed by atoms with van der Waals surface area (Å²) in [5, 5.41) is 12.1. The van der Waals surface area contributed by atoms with Gasteiger partial charge in [0.05, 0.1) is 10.5 Å². The second kappa shape index (κ2) is 12.1. The molecule has 0 aliphatic heterocycles. The zero-order valence-electron chi connectivity index (χ0n) is 19.5. The van der Waals surface area contributed by atoms with Gasteiger partial charge in [-0.3, -0.25) is 14.4 Å². The van der Waals surface area contributed by atoms with Crippen LogP contribution in [0, 0.1) is 0 Å². The number of carbonyl (C=O) groups is 3. The molecule has 0 radical (unpaired) electrons. The van der Waals surface area contributed by atoms with Crippen LogP contribution < -0.4 is 14.8 Å². The first-order valence-corrected chi connectivity index (χ1v) is 12.6. The number of amides is 1. The minimum Gasteiger partial charge on any atom is -0.480 e. The van der Waals surface area contributed by atoms with Crippen LogP contribution in [0.4, 0.5) is 0 Å². The molecule has 0 heterocycles. The summed E-state index contributed by atoms with van der Waals surface area (Å²) < 4.78 is 32.8. The number of carbonyl (C=O) groups excluding carboxylic acids is 2. The molecule has 3 N–H and O–H groups in total. The minimum absolute atomic E-state index is 0.0520. The van der Waals surface area contributed by atoms with Gasteiger partial charge in [-0.25, -0.2) is 8.42 Å². The predicted octanol–water partition coefficient (Wildman–Crippen LogP) is 3.22. The number of sulfonamides is 1. The van der Waals surface area contributed by atoms with Gasteiger partial charge in [0.1, 0.15) is 11.8 Å². The van der Waals surface area contributed by atoms with E-state index in [0.717, 1.165) is 11.1 Å². The molecule has 1 amide bonds. The van der Waals surface area contributed by atoms with Crippen LogP contribution in [0.25, 0.3) is 11.1 Å². The molecule has 0 saturated heterocycles. The van der Waals surface area contributed by atoms with Crippen molar-refractivity contribution < 1.29 is 32.6 Å². The van der Waals surface area contributed by atoms with Crippen molar-refractivity contribution in [3.8, 4) is 16.9 Å². The van der Waals surface area contributed by atoms with Crippen molar-refractivity contribution in [3.63, 3.8) is 0 Å². The smallest absolute Gasteiger partial charge is 0.321 e. The van der Waals surface area contributed by atoms with Crippen molar-refractivity contribution in [1.29, 1.82) is 0 Å². The first-order chi connectivity index (χ1) is 17.2. The van der Waals surface area contributed by atoms with Crippen molar-refractivity contribution in [2.45, 2.75) is 30.7 Å². The third-order valence-corrected chi connectivity index (χ3v) is 6.70. The molecule has 3 aromatic rings. The van der Waals surface area contributed by atoms with E-state index in [4.69, 9.17) is 4.74 Å². The van der Waals surface area contributed by atoms with Crippen LogP contribution in [0.3, 0.4) is 0 Å². The molecule has 0 aliphatic carbocycles. The fourth-order valence-corrected chi connectivity index (χ4v) is 4.67. The first-order valence-electron chi connectivity index (χ1n) is 11.1. The Hall–Kier alpha value is -4.02. The number of para-hydroxylation sites is 1. The SMILES string of the molecule is CC(=O)Oc1ccccc1C(=O)NCCC[C@H](NS(=O)(=O)c1ccc(-c2ccccc2)cc1)C(=O)O. The summed E-state index contributed by atoms with van der Waals surface area (Å²) in [4.78, 5) is 35.3. The number of benzene rings is 3. The molecular formula is C26H26N2O7S. The van der Waals surface area contributed by atoms with E-state index < -0.39 is 33.9 Å². The van der Waals surface area contributed by atoms with E-state index in [1.807, 2.05) is 30.3 Å². The van der Waals surface area contributed by atoms with E-state index in [1.54, 1.807) is 24.3 Å². The average Bonchev–Trinajstić information content (AvgIpc) is 2.86. The molecule has 0 spiro atoms. The van der Waals surface area contributed by atoms with Crippen molar-refractivity contribution in [2.24, 2.45) is 0 Å². The maximum atomic E-state index is 12.8. The normalized spacial score (nSPS) is 11.9. The lowest BCUT2D eigenvalue weighted by Gasteiger charge is -2.15. The highest BCUT2D eigenvalue weighted by Crippen LogP contribution is 2.21. The van der Waals surface area contributed by atoms with Gasteiger partial charge in [-0.1, -0.05) is 54.6 Å². The van der Waals surface area contributed by atoms with E-state index in [-0.39, 0.29) is 35.6 Å². The molecule has 1 atom stereocenters. The standard InChI is InChI=1S/C26H26N2O7S/c1-18(29)35-24-12-6-5-10-22(24)25(30)27-17-7-11-23(26(31)32)28-36(33,34)21-15-13-20(14-16-21)19-8-3-2-4-9-19/h2-6,8-10,12-16,23,28H,7,11,17H2,1H3,(H,27,30)(H,31,32)/t23-/m0/s1. The Morgan fingerprint density at radius 1 is 0.889 bits per heavy atom.